The fourth-order valence-electron chi connectivity index (χ4n) is 2.72. The molecule has 3 aromatic rings. The molecule has 3 rings (SSSR count). The van der Waals surface area contributed by atoms with E-state index in [1.807, 2.05) is 0 Å². The Kier molecular flexibility index (Phi) is 4.76. The van der Waals surface area contributed by atoms with Gasteiger partial charge in [0.25, 0.3) is 5.56 Å². The van der Waals surface area contributed by atoms with Crippen molar-refractivity contribution in [1.82, 2.24) is 4.98 Å². The van der Waals surface area contributed by atoms with Crippen molar-refractivity contribution in [2.45, 2.75) is 6.92 Å². The predicted octanol–water partition coefficient (Wildman–Crippen LogP) is 4.03. The van der Waals surface area contributed by atoms with Gasteiger partial charge in [-0.3, -0.25) is 4.79 Å². The van der Waals surface area contributed by atoms with Gasteiger partial charge >= 0.3 is 5.97 Å². The van der Waals surface area contributed by atoms with Crippen LogP contribution in [0, 0.1) is 0 Å². The number of hydrogen-bond donors (Lipinski definition) is 1. The first-order valence-corrected chi connectivity index (χ1v) is 8.10. The number of rotatable bonds is 4. The van der Waals surface area contributed by atoms with Gasteiger partial charge in [-0.2, -0.15) is 0 Å². The first-order valence-electron chi connectivity index (χ1n) is 7.72. The minimum absolute atomic E-state index is 0.0261. The van der Waals surface area contributed by atoms with E-state index < -0.39 is 11.5 Å². The number of methoxy groups -OCH3 is 1. The minimum atomic E-state index is -0.661. The monoisotopic (exact) mass is 357 g/mol. The van der Waals surface area contributed by atoms with Gasteiger partial charge < -0.3 is 14.5 Å². The van der Waals surface area contributed by atoms with E-state index in [0.717, 1.165) is 0 Å². The van der Waals surface area contributed by atoms with Crippen LogP contribution in [0.25, 0.3) is 22.0 Å². The molecule has 0 spiro atoms. The molecule has 0 saturated carbocycles. The van der Waals surface area contributed by atoms with Crippen LogP contribution < -0.4 is 10.3 Å². The zero-order valence-corrected chi connectivity index (χ0v) is 14.5. The van der Waals surface area contributed by atoms with Crippen molar-refractivity contribution < 1.29 is 14.3 Å². The Balaban J connectivity index is 2.38. The van der Waals surface area contributed by atoms with Crippen LogP contribution in [-0.2, 0) is 4.74 Å². The molecule has 0 unspecified atom stereocenters. The molecule has 0 aliphatic heterocycles. The van der Waals surface area contributed by atoms with Crippen molar-refractivity contribution in [1.29, 1.82) is 0 Å². The van der Waals surface area contributed by atoms with Crippen molar-refractivity contribution in [2.75, 3.05) is 13.7 Å². The van der Waals surface area contributed by atoms with Gasteiger partial charge in [0.2, 0.25) is 0 Å². The van der Waals surface area contributed by atoms with Crippen LogP contribution in [0.15, 0.2) is 47.3 Å². The number of carbonyl (C=O) groups is 1. The van der Waals surface area contributed by atoms with E-state index in [9.17, 15) is 9.59 Å². The van der Waals surface area contributed by atoms with Crippen LogP contribution in [0.1, 0.15) is 17.3 Å². The number of fused-ring (bicyclic) bond motifs is 1. The Bertz CT molecular complexity index is 993. The lowest BCUT2D eigenvalue weighted by molar-refractivity contribution is 0.0525. The number of pyridine rings is 1. The molecule has 128 valence electrons. The second-order valence-electron chi connectivity index (χ2n) is 5.34. The molecule has 0 bridgehead atoms. The number of esters is 1. The maximum Gasteiger partial charge on any atom is 0.344 e. The lowest BCUT2D eigenvalue weighted by Crippen LogP contribution is -2.21. The fraction of sp³-hybridized carbons (Fsp3) is 0.158. The Morgan fingerprint density at radius 1 is 1.16 bits per heavy atom. The van der Waals surface area contributed by atoms with Crippen LogP contribution in [0.5, 0.6) is 5.75 Å². The van der Waals surface area contributed by atoms with Gasteiger partial charge in [0.15, 0.2) is 0 Å². The molecule has 0 aliphatic rings. The van der Waals surface area contributed by atoms with Crippen molar-refractivity contribution in [3.8, 4) is 16.9 Å². The highest BCUT2D eigenvalue weighted by Crippen LogP contribution is 2.32. The van der Waals surface area contributed by atoms with Crippen LogP contribution in [0.4, 0.5) is 0 Å². The molecule has 1 N–H and O–H groups in total. The summed E-state index contributed by atoms with van der Waals surface area (Å²) in [4.78, 5) is 27.7. The third-order valence-corrected chi connectivity index (χ3v) is 4.09. The largest absolute Gasteiger partial charge is 0.497 e. The molecule has 0 aliphatic carbocycles. The number of ether oxygens (including phenoxy) is 2. The van der Waals surface area contributed by atoms with E-state index in [4.69, 9.17) is 21.1 Å². The summed E-state index contributed by atoms with van der Waals surface area (Å²) >= 11 is 5.96. The quantitative estimate of drug-likeness (QED) is 0.716. The van der Waals surface area contributed by atoms with Crippen molar-refractivity contribution in [2.24, 2.45) is 0 Å². The second kappa shape index (κ2) is 6.99. The first-order chi connectivity index (χ1) is 12.0. The molecule has 1 aromatic heterocycles. The number of aromatic amines is 1. The van der Waals surface area contributed by atoms with Crippen molar-refractivity contribution >= 4 is 28.5 Å². The van der Waals surface area contributed by atoms with Crippen LogP contribution in [0.3, 0.4) is 0 Å². The van der Waals surface area contributed by atoms with Crippen molar-refractivity contribution in [3.05, 3.63) is 63.4 Å². The highest BCUT2D eigenvalue weighted by molar-refractivity contribution is 6.30. The van der Waals surface area contributed by atoms with Gasteiger partial charge in [0.05, 0.1) is 19.2 Å². The molecule has 2 aromatic carbocycles. The van der Waals surface area contributed by atoms with Gasteiger partial charge in [-0.25, -0.2) is 4.79 Å². The molecule has 0 radical (unpaired) electrons. The number of H-pyrrole nitrogens is 1. The Labute approximate surface area is 149 Å². The average Bonchev–Trinajstić information content (AvgIpc) is 2.61. The summed E-state index contributed by atoms with van der Waals surface area (Å²) in [6.07, 6.45) is 0. The smallest absolute Gasteiger partial charge is 0.344 e. The predicted molar refractivity (Wildman–Crippen MR) is 97.5 cm³/mol. The molecule has 1 heterocycles. The summed E-state index contributed by atoms with van der Waals surface area (Å²) in [5.74, 6) is -0.0551. The molecular weight excluding hydrogens is 342 g/mol. The zero-order valence-electron chi connectivity index (χ0n) is 13.8. The van der Waals surface area contributed by atoms with Gasteiger partial charge in [-0.1, -0.05) is 23.7 Å². The van der Waals surface area contributed by atoms with E-state index in [1.165, 1.54) is 0 Å². The Morgan fingerprint density at radius 3 is 2.52 bits per heavy atom. The Hall–Kier alpha value is -2.79. The summed E-state index contributed by atoms with van der Waals surface area (Å²) in [7, 11) is 1.55. The van der Waals surface area contributed by atoms with E-state index in [0.29, 0.717) is 32.8 Å². The van der Waals surface area contributed by atoms with Gasteiger partial charge in [-0.05, 0) is 36.8 Å². The van der Waals surface area contributed by atoms with Gasteiger partial charge in [-0.15, -0.1) is 0 Å². The average molecular weight is 358 g/mol. The summed E-state index contributed by atoms with van der Waals surface area (Å²) < 4.78 is 10.3. The number of nitrogens with one attached hydrogen (secondary N) is 1. The highest BCUT2D eigenvalue weighted by atomic mass is 35.5. The second-order valence-corrected chi connectivity index (χ2v) is 5.78. The van der Waals surface area contributed by atoms with Crippen LogP contribution >= 0.6 is 11.6 Å². The molecule has 0 fully saturated rings. The maximum atomic E-state index is 12.6. The summed E-state index contributed by atoms with van der Waals surface area (Å²) in [5, 5.41) is 1.28. The molecule has 6 heteroatoms. The number of carbonyl (C=O) groups excluding carboxylic acids is 1. The van der Waals surface area contributed by atoms with E-state index in [-0.39, 0.29) is 12.2 Å². The lowest BCUT2D eigenvalue weighted by atomic mass is 9.96. The van der Waals surface area contributed by atoms with Crippen LogP contribution in [0.2, 0.25) is 5.02 Å². The van der Waals surface area contributed by atoms with Crippen molar-refractivity contribution in [3.63, 3.8) is 0 Å². The SMILES string of the molecule is CCOC(=O)c1c(-c2ccc(Cl)cc2)c2ccc(OC)cc2[nH]c1=O. The minimum Gasteiger partial charge on any atom is -0.497 e. The Morgan fingerprint density at radius 2 is 1.88 bits per heavy atom. The summed E-state index contributed by atoms with van der Waals surface area (Å²) in [6.45, 7) is 1.87. The number of aromatic nitrogens is 1. The maximum absolute atomic E-state index is 12.6. The number of benzene rings is 2. The number of halogens is 1. The lowest BCUT2D eigenvalue weighted by Gasteiger charge is -2.13. The topological polar surface area (TPSA) is 68.4 Å². The van der Waals surface area contributed by atoms with E-state index in [1.54, 1.807) is 56.5 Å². The third-order valence-electron chi connectivity index (χ3n) is 3.83. The molecule has 0 atom stereocenters. The summed E-state index contributed by atoms with van der Waals surface area (Å²) in [6, 6.07) is 12.2. The van der Waals surface area contributed by atoms with Crippen LogP contribution in [-0.4, -0.2) is 24.7 Å². The molecule has 0 saturated heterocycles. The third kappa shape index (κ3) is 3.23. The van der Waals surface area contributed by atoms with Gasteiger partial charge in [0.1, 0.15) is 11.3 Å². The standard InChI is InChI=1S/C19H16ClNO4/c1-3-25-19(23)17-16(11-4-6-12(20)7-5-11)14-9-8-13(24-2)10-15(14)21-18(17)22/h4-10H,3H2,1-2H3,(H,21,22). The van der Waals surface area contributed by atoms with Gasteiger partial charge in [0, 0.05) is 22.0 Å². The highest BCUT2D eigenvalue weighted by Gasteiger charge is 2.22. The first kappa shape index (κ1) is 17.0. The normalized spacial score (nSPS) is 10.7. The fourth-order valence-corrected chi connectivity index (χ4v) is 2.85. The molecule has 0 amide bonds. The number of hydrogen-bond acceptors (Lipinski definition) is 4. The molecule has 25 heavy (non-hydrogen) atoms. The summed E-state index contributed by atoms with van der Waals surface area (Å²) in [5.41, 5.74) is 1.25. The molecule has 5 nitrogen and oxygen atoms in total. The van der Waals surface area contributed by atoms with E-state index in [2.05, 4.69) is 4.98 Å². The molecular formula is C19H16ClNO4. The van der Waals surface area contributed by atoms with E-state index >= 15 is 0 Å². The zero-order chi connectivity index (χ0) is 18.0.